The van der Waals surface area contributed by atoms with E-state index in [0.717, 1.165) is 17.0 Å². The van der Waals surface area contributed by atoms with Gasteiger partial charge in [0.2, 0.25) is 0 Å². The molecule has 3 aromatic rings. The molecule has 9 nitrogen and oxygen atoms in total. The molecule has 162 valence electrons. The Balaban J connectivity index is 1.54. The van der Waals surface area contributed by atoms with E-state index in [-0.39, 0.29) is 0 Å². The summed E-state index contributed by atoms with van der Waals surface area (Å²) in [4.78, 5) is 15.3. The van der Waals surface area contributed by atoms with Crippen molar-refractivity contribution in [2.45, 2.75) is 12.8 Å². The third-order valence-corrected chi connectivity index (χ3v) is 4.83. The molecule has 1 aliphatic rings. The highest BCUT2D eigenvalue weighted by Gasteiger charge is 2.23. The quantitative estimate of drug-likeness (QED) is 0.485. The van der Waals surface area contributed by atoms with Gasteiger partial charge in [-0.15, -0.1) is 5.10 Å². The molecule has 0 aliphatic heterocycles. The fourth-order valence-corrected chi connectivity index (χ4v) is 2.96. The van der Waals surface area contributed by atoms with Gasteiger partial charge in [0.15, 0.2) is 5.82 Å². The number of hydrogen-bond acceptors (Lipinski definition) is 6. The van der Waals surface area contributed by atoms with Gasteiger partial charge in [-0.1, -0.05) is 0 Å². The number of nitrogens with two attached hydrogens (primary N) is 1. The van der Waals surface area contributed by atoms with E-state index in [0.29, 0.717) is 43.3 Å². The van der Waals surface area contributed by atoms with E-state index in [1.54, 1.807) is 11.8 Å². The third kappa shape index (κ3) is 5.44. The van der Waals surface area contributed by atoms with E-state index in [4.69, 9.17) is 19.9 Å². The third-order valence-electron chi connectivity index (χ3n) is 4.83. The Morgan fingerprint density at radius 3 is 2.45 bits per heavy atom. The molecule has 31 heavy (non-hydrogen) atoms. The van der Waals surface area contributed by atoms with E-state index in [9.17, 15) is 4.79 Å². The van der Waals surface area contributed by atoms with Gasteiger partial charge >= 0.3 is 12.0 Å². The topological polar surface area (TPSA) is 114 Å². The van der Waals surface area contributed by atoms with Crippen molar-refractivity contribution in [2.75, 3.05) is 26.9 Å². The summed E-state index contributed by atoms with van der Waals surface area (Å²) in [5, 5.41) is 7.05. The molecule has 0 saturated heterocycles. The van der Waals surface area contributed by atoms with Crippen LogP contribution in [-0.2, 0) is 0 Å². The number of benzene rings is 2. The molecule has 1 aromatic heterocycles. The van der Waals surface area contributed by atoms with Crippen molar-refractivity contribution in [1.29, 1.82) is 0 Å². The average molecular weight is 423 g/mol. The molecule has 2 amide bonds. The SMILES string of the molecule is COc1ccc(-n2nc(OCC3CC3)nc2-c2ccc(OCCNC(N)=O)cc2)cc1. The predicted molar refractivity (Wildman–Crippen MR) is 115 cm³/mol. The van der Waals surface area contributed by atoms with Crippen molar-refractivity contribution in [3.63, 3.8) is 0 Å². The Bertz CT molecular complexity index is 1010. The van der Waals surface area contributed by atoms with Crippen LogP contribution >= 0.6 is 0 Å². The predicted octanol–water partition coefficient (Wildman–Crippen LogP) is 2.78. The molecule has 0 unspecified atom stereocenters. The zero-order valence-electron chi connectivity index (χ0n) is 17.3. The summed E-state index contributed by atoms with van der Waals surface area (Å²) in [6.45, 7) is 1.30. The summed E-state index contributed by atoms with van der Waals surface area (Å²) in [6, 6.07) is 14.9. The number of carbonyl (C=O) groups excluding carboxylic acids is 1. The molecule has 0 bridgehead atoms. The number of primary amides is 1. The lowest BCUT2D eigenvalue weighted by molar-refractivity contribution is 0.244. The molecular weight excluding hydrogens is 398 g/mol. The maximum absolute atomic E-state index is 10.7. The second-order valence-electron chi connectivity index (χ2n) is 7.25. The number of carbonyl (C=O) groups is 1. The highest BCUT2D eigenvalue weighted by atomic mass is 16.5. The van der Waals surface area contributed by atoms with Gasteiger partial charge in [-0.3, -0.25) is 0 Å². The monoisotopic (exact) mass is 423 g/mol. The zero-order chi connectivity index (χ0) is 21.6. The van der Waals surface area contributed by atoms with Crippen molar-refractivity contribution in [2.24, 2.45) is 11.7 Å². The number of ether oxygens (including phenoxy) is 3. The van der Waals surface area contributed by atoms with Crippen molar-refractivity contribution in [3.05, 3.63) is 48.5 Å². The Hall–Kier alpha value is -3.75. The van der Waals surface area contributed by atoms with Crippen molar-refractivity contribution in [3.8, 4) is 34.6 Å². The number of rotatable bonds is 10. The molecule has 0 atom stereocenters. The maximum atomic E-state index is 10.7. The van der Waals surface area contributed by atoms with Crippen LogP contribution in [-0.4, -0.2) is 47.7 Å². The summed E-state index contributed by atoms with van der Waals surface area (Å²) in [7, 11) is 1.63. The van der Waals surface area contributed by atoms with Gasteiger partial charge in [0, 0.05) is 5.56 Å². The molecule has 0 spiro atoms. The van der Waals surface area contributed by atoms with Crippen molar-refractivity contribution in [1.82, 2.24) is 20.1 Å². The Kier molecular flexibility index (Phi) is 6.21. The van der Waals surface area contributed by atoms with Crippen LogP contribution in [0, 0.1) is 5.92 Å². The summed E-state index contributed by atoms with van der Waals surface area (Å²) < 4.78 is 18.4. The van der Waals surface area contributed by atoms with Gasteiger partial charge in [0.1, 0.15) is 18.1 Å². The molecular formula is C22H25N5O4. The summed E-state index contributed by atoms with van der Waals surface area (Å²) in [5.74, 6) is 2.72. The van der Waals surface area contributed by atoms with Crippen LogP contribution in [0.3, 0.4) is 0 Å². The van der Waals surface area contributed by atoms with Gasteiger partial charge < -0.3 is 25.3 Å². The van der Waals surface area contributed by atoms with Gasteiger partial charge in [-0.25, -0.2) is 9.48 Å². The van der Waals surface area contributed by atoms with Crippen molar-refractivity contribution < 1.29 is 19.0 Å². The molecule has 1 saturated carbocycles. The Labute approximate surface area is 180 Å². The molecule has 3 N–H and O–H groups in total. The van der Waals surface area contributed by atoms with Crippen molar-refractivity contribution >= 4 is 6.03 Å². The van der Waals surface area contributed by atoms with E-state index < -0.39 is 6.03 Å². The van der Waals surface area contributed by atoms with Gasteiger partial charge in [0.25, 0.3) is 0 Å². The number of nitrogens with one attached hydrogen (secondary N) is 1. The lowest BCUT2D eigenvalue weighted by Crippen LogP contribution is -2.32. The Morgan fingerprint density at radius 1 is 1.10 bits per heavy atom. The van der Waals surface area contributed by atoms with Gasteiger partial charge in [-0.05, 0) is 67.3 Å². The number of aromatic nitrogens is 3. The second kappa shape index (κ2) is 9.38. The maximum Gasteiger partial charge on any atom is 0.336 e. The summed E-state index contributed by atoms with van der Waals surface area (Å²) in [6.07, 6.45) is 2.39. The highest BCUT2D eigenvalue weighted by Crippen LogP contribution is 2.30. The smallest absolute Gasteiger partial charge is 0.336 e. The molecule has 9 heteroatoms. The van der Waals surface area contributed by atoms with Gasteiger partial charge in [-0.2, -0.15) is 4.98 Å². The number of hydrogen-bond donors (Lipinski definition) is 2. The molecule has 1 fully saturated rings. The fraction of sp³-hybridized carbons (Fsp3) is 0.318. The minimum atomic E-state index is -0.573. The molecule has 1 aliphatic carbocycles. The number of nitrogens with zero attached hydrogens (tertiary/aromatic N) is 3. The molecule has 2 aromatic carbocycles. The normalized spacial score (nSPS) is 12.9. The first kappa shape index (κ1) is 20.5. The van der Waals surface area contributed by atoms with Gasteiger partial charge in [0.05, 0.1) is 25.9 Å². The first-order valence-corrected chi connectivity index (χ1v) is 10.1. The zero-order valence-corrected chi connectivity index (χ0v) is 17.3. The first-order chi connectivity index (χ1) is 15.1. The minimum absolute atomic E-state index is 0.323. The number of urea groups is 1. The standard InChI is InChI=1S/C22H25N5O4/c1-29-18-10-6-17(7-11-18)27-20(25-22(26-27)31-14-15-2-3-15)16-4-8-19(9-5-16)30-13-12-24-21(23)28/h4-11,15H,2-3,12-14H2,1H3,(H3,23,24,28). The van der Waals surface area contributed by atoms with E-state index in [2.05, 4.69) is 15.4 Å². The molecule has 4 rings (SSSR count). The molecule has 1 heterocycles. The largest absolute Gasteiger partial charge is 0.497 e. The summed E-state index contributed by atoms with van der Waals surface area (Å²) in [5.41, 5.74) is 6.76. The summed E-state index contributed by atoms with van der Waals surface area (Å²) >= 11 is 0. The fourth-order valence-electron chi connectivity index (χ4n) is 2.96. The van der Waals surface area contributed by atoms with E-state index in [1.807, 2.05) is 48.5 Å². The second-order valence-corrected chi connectivity index (χ2v) is 7.25. The molecule has 0 radical (unpaired) electrons. The lowest BCUT2D eigenvalue weighted by Gasteiger charge is -2.09. The van der Waals surface area contributed by atoms with Crippen LogP contribution in [0.1, 0.15) is 12.8 Å². The van der Waals surface area contributed by atoms with E-state index in [1.165, 1.54) is 12.8 Å². The average Bonchev–Trinajstić information content (AvgIpc) is 3.53. The van der Waals surface area contributed by atoms with Crippen LogP contribution in [0.2, 0.25) is 0 Å². The highest BCUT2D eigenvalue weighted by molar-refractivity contribution is 5.71. The van der Waals surface area contributed by atoms with Crippen LogP contribution in [0.5, 0.6) is 17.5 Å². The lowest BCUT2D eigenvalue weighted by atomic mass is 10.2. The van der Waals surface area contributed by atoms with Crippen LogP contribution in [0.4, 0.5) is 4.79 Å². The number of amides is 2. The van der Waals surface area contributed by atoms with Crippen LogP contribution in [0.25, 0.3) is 17.1 Å². The Morgan fingerprint density at radius 2 is 1.81 bits per heavy atom. The van der Waals surface area contributed by atoms with Crippen LogP contribution < -0.4 is 25.3 Å². The number of methoxy groups -OCH3 is 1. The minimum Gasteiger partial charge on any atom is -0.497 e. The van der Waals surface area contributed by atoms with Crippen LogP contribution in [0.15, 0.2) is 48.5 Å². The van der Waals surface area contributed by atoms with E-state index >= 15 is 0 Å². The first-order valence-electron chi connectivity index (χ1n) is 10.1.